The predicted molar refractivity (Wildman–Crippen MR) is 68.3 cm³/mol. The highest BCUT2D eigenvalue weighted by atomic mass is 19.1. The molecular formula is C13H7F2N3O2. The minimum absolute atomic E-state index is 0.0481. The summed E-state index contributed by atoms with van der Waals surface area (Å²) in [5.41, 5.74) is -1.93. The number of benzene rings is 1. The number of nitrogens with zero attached hydrogens (tertiary/aromatic N) is 1. The lowest BCUT2D eigenvalue weighted by Crippen LogP contribution is -2.22. The van der Waals surface area contributed by atoms with E-state index >= 15 is 0 Å². The lowest BCUT2D eigenvalue weighted by atomic mass is 10.1. The summed E-state index contributed by atoms with van der Waals surface area (Å²) in [5, 5.41) is -0.109. The Balaban J connectivity index is 2.39. The standard InChI is InChI=1S/C13H7F2N3O2/c14-8-4-2-1-3-6(8)10-9(15)5-7-11(16-10)17-13(20)18-12(7)19/h1-5H,(H2,16,17,18,19,20). The van der Waals surface area contributed by atoms with E-state index in [1.165, 1.54) is 24.3 Å². The van der Waals surface area contributed by atoms with Crippen LogP contribution in [-0.2, 0) is 0 Å². The summed E-state index contributed by atoms with van der Waals surface area (Å²) in [4.78, 5) is 30.8. The number of fused-ring (bicyclic) bond motifs is 1. The molecule has 20 heavy (non-hydrogen) atoms. The first-order valence-corrected chi connectivity index (χ1v) is 5.64. The summed E-state index contributed by atoms with van der Waals surface area (Å²) in [5.74, 6) is -1.49. The Bertz CT molecular complexity index is 931. The highest BCUT2D eigenvalue weighted by molar-refractivity contribution is 5.77. The number of nitrogens with one attached hydrogen (secondary N) is 2. The van der Waals surface area contributed by atoms with Gasteiger partial charge >= 0.3 is 5.69 Å². The zero-order chi connectivity index (χ0) is 14.3. The molecule has 0 atom stereocenters. The first-order valence-electron chi connectivity index (χ1n) is 5.64. The van der Waals surface area contributed by atoms with Crippen LogP contribution in [0.4, 0.5) is 8.78 Å². The SMILES string of the molecule is O=c1[nH]c(=O)c2cc(F)c(-c3ccccc3F)nc2[nH]1. The fourth-order valence-corrected chi connectivity index (χ4v) is 1.91. The number of rotatable bonds is 1. The van der Waals surface area contributed by atoms with Gasteiger partial charge in [-0.2, -0.15) is 0 Å². The second-order valence-electron chi connectivity index (χ2n) is 4.10. The van der Waals surface area contributed by atoms with E-state index in [-0.39, 0.29) is 22.3 Å². The van der Waals surface area contributed by atoms with Crippen LogP contribution in [0, 0.1) is 11.6 Å². The van der Waals surface area contributed by atoms with Crippen molar-refractivity contribution in [2.24, 2.45) is 0 Å². The Kier molecular flexibility index (Phi) is 2.67. The van der Waals surface area contributed by atoms with E-state index in [9.17, 15) is 18.4 Å². The number of hydrogen-bond acceptors (Lipinski definition) is 3. The van der Waals surface area contributed by atoms with Crippen LogP contribution in [0.25, 0.3) is 22.3 Å². The van der Waals surface area contributed by atoms with Gasteiger partial charge in [-0.1, -0.05) is 12.1 Å². The molecule has 3 rings (SSSR count). The van der Waals surface area contributed by atoms with E-state index in [0.29, 0.717) is 0 Å². The normalized spacial score (nSPS) is 10.9. The number of H-pyrrole nitrogens is 2. The lowest BCUT2D eigenvalue weighted by Gasteiger charge is -2.05. The molecule has 0 fully saturated rings. The summed E-state index contributed by atoms with van der Waals surface area (Å²) < 4.78 is 27.7. The third-order valence-corrected chi connectivity index (χ3v) is 2.81. The number of aromatic nitrogens is 3. The molecule has 0 spiro atoms. The minimum Gasteiger partial charge on any atom is -0.291 e. The van der Waals surface area contributed by atoms with E-state index in [1.807, 2.05) is 4.98 Å². The van der Waals surface area contributed by atoms with Crippen LogP contribution in [-0.4, -0.2) is 15.0 Å². The van der Waals surface area contributed by atoms with Crippen molar-refractivity contribution in [2.75, 3.05) is 0 Å². The quantitative estimate of drug-likeness (QED) is 0.707. The fraction of sp³-hybridized carbons (Fsp3) is 0. The molecule has 0 amide bonds. The molecule has 5 nitrogen and oxygen atoms in total. The topological polar surface area (TPSA) is 78.6 Å². The predicted octanol–water partition coefficient (Wildman–Crippen LogP) is 1.56. The molecule has 1 aromatic carbocycles. The number of hydrogen-bond donors (Lipinski definition) is 2. The third-order valence-electron chi connectivity index (χ3n) is 2.81. The molecule has 3 aromatic rings. The van der Waals surface area contributed by atoms with Crippen LogP contribution in [0.15, 0.2) is 39.9 Å². The Morgan fingerprint density at radius 1 is 1.00 bits per heavy atom. The van der Waals surface area contributed by atoms with Crippen LogP contribution in [0.3, 0.4) is 0 Å². The number of pyridine rings is 1. The van der Waals surface area contributed by atoms with E-state index < -0.39 is 22.9 Å². The Morgan fingerprint density at radius 2 is 1.75 bits per heavy atom. The van der Waals surface area contributed by atoms with E-state index in [4.69, 9.17) is 0 Å². The van der Waals surface area contributed by atoms with Gasteiger partial charge in [-0.05, 0) is 18.2 Å². The Morgan fingerprint density at radius 3 is 2.50 bits per heavy atom. The molecule has 0 bridgehead atoms. The van der Waals surface area contributed by atoms with Gasteiger partial charge < -0.3 is 0 Å². The molecule has 0 radical (unpaired) electrons. The molecule has 0 saturated heterocycles. The summed E-state index contributed by atoms with van der Waals surface area (Å²) in [6, 6.07) is 6.44. The molecule has 0 aliphatic carbocycles. The second kappa shape index (κ2) is 4.37. The van der Waals surface area contributed by atoms with Gasteiger partial charge in [0.15, 0.2) is 5.82 Å². The summed E-state index contributed by atoms with van der Waals surface area (Å²) >= 11 is 0. The molecule has 2 heterocycles. The molecule has 100 valence electrons. The maximum Gasteiger partial charge on any atom is 0.327 e. The average molecular weight is 275 g/mol. The maximum absolute atomic E-state index is 14.0. The average Bonchev–Trinajstić information content (AvgIpc) is 2.40. The van der Waals surface area contributed by atoms with Gasteiger partial charge in [-0.3, -0.25) is 14.8 Å². The monoisotopic (exact) mass is 275 g/mol. The highest BCUT2D eigenvalue weighted by Gasteiger charge is 2.14. The van der Waals surface area contributed by atoms with Gasteiger partial charge in [0, 0.05) is 5.56 Å². The first kappa shape index (κ1) is 12.2. The summed E-state index contributed by atoms with van der Waals surface area (Å²) in [6.07, 6.45) is 0. The molecule has 0 aliphatic heterocycles. The van der Waals surface area contributed by atoms with Crippen LogP contribution < -0.4 is 11.2 Å². The summed E-state index contributed by atoms with van der Waals surface area (Å²) in [6.45, 7) is 0. The first-order chi connectivity index (χ1) is 9.56. The molecule has 2 N–H and O–H groups in total. The van der Waals surface area contributed by atoms with Crippen molar-refractivity contribution in [1.82, 2.24) is 15.0 Å². The van der Waals surface area contributed by atoms with Gasteiger partial charge in [0.25, 0.3) is 5.56 Å². The van der Waals surface area contributed by atoms with Crippen molar-refractivity contribution in [2.45, 2.75) is 0 Å². The van der Waals surface area contributed by atoms with Gasteiger partial charge in [-0.25, -0.2) is 18.6 Å². The molecule has 7 heteroatoms. The Hall–Kier alpha value is -2.83. The Labute approximate surface area is 109 Å². The highest BCUT2D eigenvalue weighted by Crippen LogP contribution is 2.24. The molecule has 0 unspecified atom stereocenters. The fourth-order valence-electron chi connectivity index (χ4n) is 1.91. The largest absolute Gasteiger partial charge is 0.327 e. The van der Waals surface area contributed by atoms with Crippen LogP contribution >= 0.6 is 0 Å². The van der Waals surface area contributed by atoms with Gasteiger partial charge in [0.1, 0.15) is 17.2 Å². The number of halogens is 2. The van der Waals surface area contributed by atoms with E-state index in [0.717, 1.165) is 6.07 Å². The van der Waals surface area contributed by atoms with Crippen LogP contribution in [0.1, 0.15) is 0 Å². The molecule has 0 saturated carbocycles. The van der Waals surface area contributed by atoms with Gasteiger partial charge in [0.2, 0.25) is 0 Å². The van der Waals surface area contributed by atoms with Crippen molar-refractivity contribution in [3.8, 4) is 11.3 Å². The van der Waals surface area contributed by atoms with Gasteiger partial charge in [-0.15, -0.1) is 0 Å². The smallest absolute Gasteiger partial charge is 0.291 e. The zero-order valence-corrected chi connectivity index (χ0v) is 9.91. The number of aromatic amines is 2. The molecule has 2 aromatic heterocycles. The second-order valence-corrected chi connectivity index (χ2v) is 4.10. The minimum atomic E-state index is -0.847. The van der Waals surface area contributed by atoms with Crippen LogP contribution in [0.2, 0.25) is 0 Å². The van der Waals surface area contributed by atoms with Crippen molar-refractivity contribution >= 4 is 11.0 Å². The van der Waals surface area contributed by atoms with E-state index in [2.05, 4.69) is 9.97 Å². The molecular weight excluding hydrogens is 268 g/mol. The van der Waals surface area contributed by atoms with Crippen molar-refractivity contribution in [3.05, 3.63) is 62.8 Å². The van der Waals surface area contributed by atoms with Gasteiger partial charge in [0.05, 0.1) is 5.39 Å². The van der Waals surface area contributed by atoms with Crippen LogP contribution in [0.5, 0.6) is 0 Å². The van der Waals surface area contributed by atoms with Crippen molar-refractivity contribution in [1.29, 1.82) is 0 Å². The lowest BCUT2D eigenvalue weighted by molar-refractivity contribution is 0.613. The van der Waals surface area contributed by atoms with Crippen molar-refractivity contribution in [3.63, 3.8) is 0 Å². The molecule has 0 aliphatic rings. The third kappa shape index (κ3) is 1.89. The summed E-state index contributed by atoms with van der Waals surface area (Å²) in [7, 11) is 0. The van der Waals surface area contributed by atoms with E-state index in [1.54, 1.807) is 0 Å². The van der Waals surface area contributed by atoms with Crippen molar-refractivity contribution < 1.29 is 8.78 Å². The zero-order valence-electron chi connectivity index (χ0n) is 9.91. The maximum atomic E-state index is 14.0.